The van der Waals surface area contributed by atoms with Crippen molar-refractivity contribution < 1.29 is 14.3 Å². The lowest BCUT2D eigenvalue weighted by Gasteiger charge is -2.28. The number of hydrogen-bond donors (Lipinski definition) is 0. The van der Waals surface area contributed by atoms with Crippen LogP contribution in [0.3, 0.4) is 0 Å². The third kappa shape index (κ3) is 3.93. The van der Waals surface area contributed by atoms with Gasteiger partial charge in [0.1, 0.15) is 12.2 Å². The monoisotopic (exact) mass is 317 g/mol. The molecule has 1 aromatic carbocycles. The van der Waals surface area contributed by atoms with Gasteiger partial charge in [0.2, 0.25) is 0 Å². The normalized spacial score (nSPS) is 22.6. The van der Waals surface area contributed by atoms with E-state index in [2.05, 4.69) is 12.1 Å². The standard InChI is InChI=1S/C19H27NO3/c1-14(23-16-9-4-3-5-10-16)19(21)20(2)12-18-17-11-7-6-8-15(17)13-22-18/h6-8,11,14,16,18H,3-5,9-10,12-13H2,1-2H3. The minimum Gasteiger partial charge on any atom is -0.367 e. The van der Waals surface area contributed by atoms with Gasteiger partial charge in [-0.05, 0) is 30.9 Å². The zero-order valence-electron chi connectivity index (χ0n) is 14.2. The molecule has 1 aliphatic carbocycles. The van der Waals surface area contributed by atoms with Crippen LogP contribution in [-0.2, 0) is 20.9 Å². The fraction of sp³-hybridized carbons (Fsp3) is 0.632. The van der Waals surface area contributed by atoms with Crippen LogP contribution >= 0.6 is 0 Å². The lowest BCUT2D eigenvalue weighted by Crippen LogP contribution is -2.40. The first-order valence-corrected chi connectivity index (χ1v) is 8.75. The lowest BCUT2D eigenvalue weighted by atomic mass is 9.97. The number of carbonyl (C=O) groups is 1. The molecule has 3 rings (SSSR count). The number of fused-ring (bicyclic) bond motifs is 1. The molecule has 0 bridgehead atoms. The lowest BCUT2D eigenvalue weighted by molar-refractivity contribution is -0.147. The number of rotatable bonds is 5. The highest BCUT2D eigenvalue weighted by atomic mass is 16.5. The molecule has 0 radical (unpaired) electrons. The predicted molar refractivity (Wildman–Crippen MR) is 89.0 cm³/mol. The van der Waals surface area contributed by atoms with Gasteiger partial charge in [0.05, 0.1) is 19.3 Å². The Morgan fingerprint density at radius 1 is 1.30 bits per heavy atom. The highest BCUT2D eigenvalue weighted by molar-refractivity contribution is 5.80. The van der Waals surface area contributed by atoms with E-state index in [1.165, 1.54) is 30.4 Å². The molecular weight excluding hydrogens is 290 g/mol. The topological polar surface area (TPSA) is 38.8 Å². The smallest absolute Gasteiger partial charge is 0.251 e. The van der Waals surface area contributed by atoms with Gasteiger partial charge >= 0.3 is 0 Å². The predicted octanol–water partition coefficient (Wildman–Crippen LogP) is 3.45. The Bertz CT molecular complexity index is 539. The van der Waals surface area contributed by atoms with Gasteiger partial charge < -0.3 is 14.4 Å². The fourth-order valence-corrected chi connectivity index (χ4v) is 3.61. The van der Waals surface area contributed by atoms with E-state index in [0.717, 1.165) is 12.8 Å². The van der Waals surface area contributed by atoms with Crippen molar-refractivity contribution in [2.75, 3.05) is 13.6 Å². The summed E-state index contributed by atoms with van der Waals surface area (Å²) in [6, 6.07) is 8.23. The number of likely N-dealkylation sites (N-methyl/N-ethyl adjacent to an activating group) is 1. The molecule has 126 valence electrons. The number of carbonyl (C=O) groups excluding carboxylic acids is 1. The zero-order chi connectivity index (χ0) is 16.2. The molecule has 1 aromatic rings. The second-order valence-corrected chi connectivity index (χ2v) is 6.76. The number of benzene rings is 1. The van der Waals surface area contributed by atoms with Crippen molar-refractivity contribution in [2.24, 2.45) is 0 Å². The third-order valence-corrected chi connectivity index (χ3v) is 4.95. The summed E-state index contributed by atoms with van der Waals surface area (Å²) < 4.78 is 11.8. The fourth-order valence-electron chi connectivity index (χ4n) is 3.61. The van der Waals surface area contributed by atoms with E-state index in [4.69, 9.17) is 9.47 Å². The number of hydrogen-bond acceptors (Lipinski definition) is 3. The van der Waals surface area contributed by atoms with Crippen LogP contribution in [0.15, 0.2) is 24.3 Å². The van der Waals surface area contributed by atoms with Crippen molar-refractivity contribution in [1.29, 1.82) is 0 Å². The van der Waals surface area contributed by atoms with Crippen molar-refractivity contribution in [3.8, 4) is 0 Å². The molecule has 0 saturated heterocycles. The summed E-state index contributed by atoms with van der Waals surface area (Å²) in [5.41, 5.74) is 2.43. The van der Waals surface area contributed by atoms with Crippen molar-refractivity contribution in [2.45, 2.75) is 63.9 Å². The molecule has 1 aliphatic heterocycles. The minimum absolute atomic E-state index is 0.0259. The molecule has 23 heavy (non-hydrogen) atoms. The average Bonchev–Trinajstić information content (AvgIpc) is 2.98. The SMILES string of the molecule is CC(OC1CCCCC1)C(=O)N(C)CC1OCc2ccccc21. The Hall–Kier alpha value is -1.39. The highest BCUT2D eigenvalue weighted by Crippen LogP contribution is 2.31. The van der Waals surface area contributed by atoms with Crippen molar-refractivity contribution in [3.05, 3.63) is 35.4 Å². The average molecular weight is 317 g/mol. The third-order valence-electron chi connectivity index (χ3n) is 4.95. The van der Waals surface area contributed by atoms with Gasteiger partial charge in [0.15, 0.2) is 0 Å². The molecular formula is C19H27NO3. The molecule has 4 nitrogen and oxygen atoms in total. The van der Waals surface area contributed by atoms with E-state index < -0.39 is 0 Å². The molecule has 0 N–H and O–H groups in total. The molecule has 4 heteroatoms. The van der Waals surface area contributed by atoms with Crippen LogP contribution < -0.4 is 0 Å². The molecule has 1 saturated carbocycles. The maximum atomic E-state index is 12.6. The van der Waals surface area contributed by atoms with Crippen LogP contribution in [0.25, 0.3) is 0 Å². The Morgan fingerprint density at radius 2 is 2.04 bits per heavy atom. The zero-order valence-corrected chi connectivity index (χ0v) is 14.2. The van der Waals surface area contributed by atoms with E-state index in [1.54, 1.807) is 4.90 Å². The van der Waals surface area contributed by atoms with Gasteiger partial charge in [-0.2, -0.15) is 0 Å². The second-order valence-electron chi connectivity index (χ2n) is 6.76. The Labute approximate surface area is 138 Å². The van der Waals surface area contributed by atoms with Gasteiger partial charge in [0.25, 0.3) is 5.91 Å². The van der Waals surface area contributed by atoms with Crippen molar-refractivity contribution >= 4 is 5.91 Å². The highest BCUT2D eigenvalue weighted by Gasteiger charge is 2.28. The molecule has 2 aliphatic rings. The number of nitrogens with zero attached hydrogens (tertiary/aromatic N) is 1. The summed E-state index contributed by atoms with van der Waals surface area (Å²) in [4.78, 5) is 14.3. The van der Waals surface area contributed by atoms with Crippen LogP contribution in [0.5, 0.6) is 0 Å². The molecule has 0 aromatic heterocycles. The minimum atomic E-state index is -0.375. The van der Waals surface area contributed by atoms with E-state index >= 15 is 0 Å². The van der Waals surface area contributed by atoms with Gasteiger partial charge in [-0.3, -0.25) is 4.79 Å². The first-order chi connectivity index (χ1) is 11.1. The van der Waals surface area contributed by atoms with Gasteiger partial charge in [-0.1, -0.05) is 43.5 Å². The van der Waals surface area contributed by atoms with Crippen LogP contribution in [0, 0.1) is 0 Å². The maximum Gasteiger partial charge on any atom is 0.251 e. The van der Waals surface area contributed by atoms with Crippen molar-refractivity contribution in [1.82, 2.24) is 4.90 Å². The number of amides is 1. The van der Waals surface area contributed by atoms with E-state index in [0.29, 0.717) is 13.2 Å². The van der Waals surface area contributed by atoms with Crippen LogP contribution in [0.1, 0.15) is 56.3 Å². The molecule has 2 unspecified atom stereocenters. The maximum absolute atomic E-state index is 12.6. The largest absolute Gasteiger partial charge is 0.367 e. The van der Waals surface area contributed by atoms with E-state index in [-0.39, 0.29) is 24.2 Å². The van der Waals surface area contributed by atoms with Gasteiger partial charge in [0, 0.05) is 7.05 Å². The van der Waals surface area contributed by atoms with Gasteiger partial charge in [-0.25, -0.2) is 0 Å². The summed E-state index contributed by atoms with van der Waals surface area (Å²) in [7, 11) is 1.84. The van der Waals surface area contributed by atoms with Crippen LogP contribution in [0.4, 0.5) is 0 Å². The van der Waals surface area contributed by atoms with Crippen LogP contribution in [-0.4, -0.2) is 36.6 Å². The van der Waals surface area contributed by atoms with Crippen LogP contribution in [0.2, 0.25) is 0 Å². The Balaban J connectivity index is 1.53. The summed E-state index contributed by atoms with van der Waals surface area (Å²) >= 11 is 0. The molecule has 1 heterocycles. The number of ether oxygens (including phenoxy) is 2. The summed E-state index contributed by atoms with van der Waals surface area (Å²) in [6.45, 7) is 3.09. The quantitative estimate of drug-likeness (QED) is 0.835. The van der Waals surface area contributed by atoms with E-state index in [1.807, 2.05) is 26.1 Å². The Morgan fingerprint density at radius 3 is 2.83 bits per heavy atom. The first-order valence-electron chi connectivity index (χ1n) is 8.75. The van der Waals surface area contributed by atoms with Crippen molar-refractivity contribution in [3.63, 3.8) is 0 Å². The molecule has 1 amide bonds. The summed E-state index contributed by atoms with van der Waals surface area (Å²) in [5.74, 6) is 0.0450. The van der Waals surface area contributed by atoms with Gasteiger partial charge in [-0.15, -0.1) is 0 Å². The molecule has 1 fully saturated rings. The second kappa shape index (κ2) is 7.45. The molecule has 0 spiro atoms. The first kappa shape index (κ1) is 16.5. The molecule has 2 atom stereocenters. The summed E-state index contributed by atoms with van der Waals surface area (Å²) in [5, 5.41) is 0. The summed E-state index contributed by atoms with van der Waals surface area (Å²) in [6.07, 6.45) is 5.74. The Kier molecular flexibility index (Phi) is 5.34. The van der Waals surface area contributed by atoms with E-state index in [9.17, 15) is 4.79 Å².